The second kappa shape index (κ2) is 5.86. The van der Waals surface area contributed by atoms with E-state index in [0.717, 1.165) is 6.54 Å². The van der Waals surface area contributed by atoms with Crippen molar-refractivity contribution in [2.75, 3.05) is 20.7 Å². The quantitative estimate of drug-likeness (QED) is 0.717. The lowest BCUT2D eigenvalue weighted by Gasteiger charge is -2.28. The molecule has 4 nitrogen and oxygen atoms in total. The third kappa shape index (κ3) is 3.54. The summed E-state index contributed by atoms with van der Waals surface area (Å²) in [6.45, 7) is 0.753. The van der Waals surface area contributed by atoms with Crippen molar-refractivity contribution < 1.29 is 9.53 Å². The normalized spacial score (nSPS) is 27.0. The predicted octanol–water partition coefficient (Wildman–Crippen LogP) is 1.12. The van der Waals surface area contributed by atoms with E-state index in [1.807, 2.05) is 7.05 Å². The molecule has 82 valence electrons. The smallest absolute Gasteiger partial charge is 0.406 e. The molecule has 0 spiro atoms. The molecule has 1 rings (SSSR count). The summed E-state index contributed by atoms with van der Waals surface area (Å²) in [7, 11) is 3.41. The summed E-state index contributed by atoms with van der Waals surface area (Å²) in [5, 5.41) is 6.04. The number of hydrogen-bond donors (Lipinski definition) is 2. The molecule has 0 aromatic heterocycles. The van der Waals surface area contributed by atoms with E-state index in [1.165, 1.54) is 32.8 Å². The zero-order valence-corrected chi connectivity index (χ0v) is 9.01. The average Bonchev–Trinajstić information content (AvgIpc) is 2.26. The molecule has 1 saturated carbocycles. The average molecular weight is 200 g/mol. The number of carbonyl (C=O) groups excluding carboxylic acids is 1. The lowest BCUT2D eigenvalue weighted by molar-refractivity contribution is 0.166. The first kappa shape index (κ1) is 11.3. The molecule has 0 aliphatic heterocycles. The van der Waals surface area contributed by atoms with E-state index in [1.54, 1.807) is 0 Å². The third-order valence-corrected chi connectivity index (χ3v) is 2.98. The van der Waals surface area contributed by atoms with Crippen molar-refractivity contribution in [3.05, 3.63) is 0 Å². The number of rotatable bonds is 3. The summed E-state index contributed by atoms with van der Waals surface area (Å²) in [6, 6.07) is 0.671. The van der Waals surface area contributed by atoms with Crippen molar-refractivity contribution in [1.29, 1.82) is 0 Å². The van der Waals surface area contributed by atoms with Gasteiger partial charge in [0.1, 0.15) is 0 Å². The molecule has 1 amide bonds. The summed E-state index contributed by atoms with van der Waals surface area (Å²) in [5.74, 6) is 0.624. The highest BCUT2D eigenvalue weighted by Crippen LogP contribution is 2.23. The number of nitrogens with one attached hydrogen (secondary N) is 2. The van der Waals surface area contributed by atoms with Gasteiger partial charge in [-0.2, -0.15) is 0 Å². The molecule has 0 radical (unpaired) electrons. The highest BCUT2D eigenvalue weighted by atomic mass is 16.5. The molecule has 0 atom stereocenters. The standard InChI is InChI=1S/C10H20N2O2/c1-11-9-5-3-8(4-6-9)7-12-10(13)14-2/h8-9,11H,3-7H2,1-2H3,(H,12,13). The van der Waals surface area contributed by atoms with Crippen molar-refractivity contribution >= 4 is 6.09 Å². The van der Waals surface area contributed by atoms with Crippen LogP contribution in [0.2, 0.25) is 0 Å². The number of amides is 1. The zero-order chi connectivity index (χ0) is 10.4. The Bertz CT molecular complexity index is 177. The first-order valence-corrected chi connectivity index (χ1v) is 5.25. The molecule has 0 saturated heterocycles. The molecule has 1 aliphatic carbocycles. The van der Waals surface area contributed by atoms with Gasteiger partial charge in [-0.05, 0) is 38.6 Å². The van der Waals surface area contributed by atoms with Gasteiger partial charge in [-0.1, -0.05) is 0 Å². The number of ether oxygens (including phenoxy) is 1. The number of methoxy groups -OCH3 is 1. The van der Waals surface area contributed by atoms with Crippen LogP contribution in [0.5, 0.6) is 0 Å². The van der Waals surface area contributed by atoms with Gasteiger partial charge >= 0.3 is 6.09 Å². The Hall–Kier alpha value is -0.770. The zero-order valence-electron chi connectivity index (χ0n) is 9.01. The molecular formula is C10H20N2O2. The van der Waals surface area contributed by atoms with Crippen molar-refractivity contribution in [2.24, 2.45) is 5.92 Å². The minimum atomic E-state index is -0.319. The predicted molar refractivity (Wildman–Crippen MR) is 55.2 cm³/mol. The van der Waals surface area contributed by atoms with Gasteiger partial charge in [0.15, 0.2) is 0 Å². The van der Waals surface area contributed by atoms with Gasteiger partial charge in [0.05, 0.1) is 7.11 Å². The van der Waals surface area contributed by atoms with Crippen LogP contribution in [-0.4, -0.2) is 32.8 Å². The molecule has 0 aromatic rings. The molecule has 1 aliphatic rings. The van der Waals surface area contributed by atoms with E-state index in [-0.39, 0.29) is 6.09 Å². The van der Waals surface area contributed by atoms with E-state index in [0.29, 0.717) is 12.0 Å². The molecule has 2 N–H and O–H groups in total. The molecule has 1 fully saturated rings. The van der Waals surface area contributed by atoms with E-state index in [4.69, 9.17) is 0 Å². The maximum Gasteiger partial charge on any atom is 0.406 e. The molecule has 0 bridgehead atoms. The number of alkyl carbamates (subject to hydrolysis) is 1. The van der Waals surface area contributed by atoms with Crippen LogP contribution in [-0.2, 0) is 4.74 Å². The number of hydrogen-bond acceptors (Lipinski definition) is 3. The topological polar surface area (TPSA) is 50.4 Å². The van der Waals surface area contributed by atoms with Gasteiger partial charge in [0, 0.05) is 12.6 Å². The van der Waals surface area contributed by atoms with Gasteiger partial charge in [-0.3, -0.25) is 0 Å². The Morgan fingerprint density at radius 2 is 2.00 bits per heavy atom. The summed E-state index contributed by atoms with van der Waals surface area (Å²) < 4.78 is 4.52. The fraction of sp³-hybridized carbons (Fsp3) is 0.900. The Balaban J connectivity index is 2.13. The maximum atomic E-state index is 10.8. The molecule has 0 unspecified atom stereocenters. The maximum absolute atomic E-state index is 10.8. The molecule has 14 heavy (non-hydrogen) atoms. The first-order chi connectivity index (χ1) is 6.76. The van der Waals surface area contributed by atoms with E-state index in [9.17, 15) is 4.79 Å². The van der Waals surface area contributed by atoms with Crippen LogP contribution >= 0.6 is 0 Å². The van der Waals surface area contributed by atoms with Crippen molar-refractivity contribution in [2.45, 2.75) is 31.7 Å². The van der Waals surface area contributed by atoms with Crippen molar-refractivity contribution in [1.82, 2.24) is 10.6 Å². The molecular weight excluding hydrogens is 180 g/mol. The van der Waals surface area contributed by atoms with Crippen molar-refractivity contribution in [3.63, 3.8) is 0 Å². The highest BCUT2D eigenvalue weighted by Gasteiger charge is 2.20. The van der Waals surface area contributed by atoms with Crippen LogP contribution in [0, 0.1) is 5.92 Å². The Morgan fingerprint density at radius 3 is 2.50 bits per heavy atom. The number of carbonyl (C=O) groups is 1. The molecule has 4 heteroatoms. The van der Waals surface area contributed by atoms with Gasteiger partial charge in [0.2, 0.25) is 0 Å². The summed E-state index contributed by atoms with van der Waals surface area (Å²) in [5.41, 5.74) is 0. The van der Waals surface area contributed by atoms with Crippen LogP contribution in [0.3, 0.4) is 0 Å². The lowest BCUT2D eigenvalue weighted by atomic mass is 9.86. The second-order valence-electron chi connectivity index (χ2n) is 3.88. The monoisotopic (exact) mass is 200 g/mol. The van der Waals surface area contributed by atoms with Crippen LogP contribution in [0.1, 0.15) is 25.7 Å². The molecule has 0 aromatic carbocycles. The fourth-order valence-electron chi connectivity index (χ4n) is 1.96. The highest BCUT2D eigenvalue weighted by molar-refractivity contribution is 5.66. The van der Waals surface area contributed by atoms with Gasteiger partial charge in [-0.25, -0.2) is 4.79 Å². The SMILES string of the molecule is CNC1CCC(CNC(=O)OC)CC1. The van der Waals surface area contributed by atoms with Gasteiger partial charge in [0.25, 0.3) is 0 Å². The minimum Gasteiger partial charge on any atom is -0.453 e. The van der Waals surface area contributed by atoms with Crippen molar-refractivity contribution in [3.8, 4) is 0 Å². The van der Waals surface area contributed by atoms with Gasteiger partial charge in [-0.15, -0.1) is 0 Å². The third-order valence-electron chi connectivity index (χ3n) is 2.98. The summed E-state index contributed by atoms with van der Waals surface area (Å²) >= 11 is 0. The van der Waals surface area contributed by atoms with Crippen LogP contribution in [0.4, 0.5) is 4.79 Å². The van der Waals surface area contributed by atoms with Crippen LogP contribution < -0.4 is 10.6 Å². The first-order valence-electron chi connectivity index (χ1n) is 5.25. The fourth-order valence-corrected chi connectivity index (χ4v) is 1.96. The Morgan fingerprint density at radius 1 is 1.36 bits per heavy atom. The largest absolute Gasteiger partial charge is 0.453 e. The Kier molecular flexibility index (Phi) is 4.73. The van der Waals surface area contributed by atoms with E-state index < -0.39 is 0 Å². The lowest BCUT2D eigenvalue weighted by Crippen LogP contribution is -2.35. The second-order valence-corrected chi connectivity index (χ2v) is 3.88. The summed E-state index contributed by atoms with van der Waals surface area (Å²) in [4.78, 5) is 10.8. The summed E-state index contributed by atoms with van der Waals surface area (Å²) in [6.07, 6.45) is 4.49. The Labute approximate surface area is 85.4 Å². The van der Waals surface area contributed by atoms with Crippen LogP contribution in [0.15, 0.2) is 0 Å². The molecule has 0 heterocycles. The van der Waals surface area contributed by atoms with E-state index >= 15 is 0 Å². The van der Waals surface area contributed by atoms with Crippen LogP contribution in [0.25, 0.3) is 0 Å². The van der Waals surface area contributed by atoms with E-state index in [2.05, 4.69) is 15.4 Å². The van der Waals surface area contributed by atoms with Gasteiger partial charge < -0.3 is 15.4 Å². The minimum absolute atomic E-state index is 0.319.